The van der Waals surface area contributed by atoms with Crippen LogP contribution in [0.15, 0.2) is 69.9 Å². The fourth-order valence-corrected chi connectivity index (χ4v) is 7.24. The molecule has 1 fully saturated rings. The van der Waals surface area contributed by atoms with Gasteiger partial charge in [0.1, 0.15) is 0 Å². The third kappa shape index (κ3) is 5.91. The lowest BCUT2D eigenvalue weighted by Gasteiger charge is -2.19. The number of aliphatic imine (C=N–C) groups is 2. The fraction of sp³-hybridized carbons (Fsp3) is 0.395. The Kier molecular flexibility index (Phi) is 8.05. The summed E-state index contributed by atoms with van der Waals surface area (Å²) in [5.41, 5.74) is 5.24. The Morgan fingerprint density at radius 2 is 1.31 bits per heavy atom. The third-order valence-corrected chi connectivity index (χ3v) is 10.1. The van der Waals surface area contributed by atoms with Gasteiger partial charge in [-0.2, -0.15) is 0 Å². The van der Waals surface area contributed by atoms with E-state index in [1.807, 2.05) is 30.9 Å². The number of hydrogen-bond donors (Lipinski definition) is 1. The monoisotopic (exact) mass is 661 g/mol. The van der Waals surface area contributed by atoms with Gasteiger partial charge in [-0.1, -0.05) is 6.08 Å². The summed E-state index contributed by atoms with van der Waals surface area (Å²) in [7, 11) is 3.11. The minimum absolute atomic E-state index is 0.0553. The molecule has 49 heavy (non-hydrogen) atoms. The largest absolute Gasteiger partial charge is 0.493 e. The van der Waals surface area contributed by atoms with Crippen molar-refractivity contribution < 1.29 is 28.5 Å². The van der Waals surface area contributed by atoms with Crippen molar-refractivity contribution in [3.8, 4) is 23.0 Å². The lowest BCUT2D eigenvalue weighted by atomic mass is 9.87. The zero-order valence-electron chi connectivity index (χ0n) is 27.7. The molecule has 3 atom stereocenters. The molecule has 1 N–H and O–H groups in total. The number of benzene rings is 2. The molecule has 0 radical (unpaired) electrons. The number of fused-ring (bicyclic) bond motifs is 4. The summed E-state index contributed by atoms with van der Waals surface area (Å²) in [6.07, 6.45) is 17.8. The maximum Gasteiger partial charge on any atom is 0.260 e. The molecule has 11 heteroatoms. The van der Waals surface area contributed by atoms with Gasteiger partial charge in [0.25, 0.3) is 11.8 Å². The SMILES string of the molecule is COc1cc2c(cc1OCCCOc1cc3c(cc1OC)C(=O)N1C=C(C4CC4)CC1C=N3)N=CC1CC(C3C=CC(=N)CC3)=CN1C2=O. The van der Waals surface area contributed by atoms with E-state index >= 15 is 0 Å². The van der Waals surface area contributed by atoms with E-state index in [4.69, 9.17) is 29.3 Å². The van der Waals surface area contributed by atoms with Gasteiger partial charge in [0.05, 0.1) is 62.0 Å². The van der Waals surface area contributed by atoms with Crippen molar-refractivity contribution in [1.29, 1.82) is 5.41 Å². The van der Waals surface area contributed by atoms with Crippen molar-refractivity contribution in [2.75, 3.05) is 27.4 Å². The molecule has 2 aliphatic carbocycles. The molecule has 2 aromatic rings. The van der Waals surface area contributed by atoms with Gasteiger partial charge in [0.15, 0.2) is 23.0 Å². The predicted molar refractivity (Wildman–Crippen MR) is 186 cm³/mol. The average Bonchev–Trinajstić information content (AvgIpc) is 3.79. The second kappa shape index (κ2) is 12.7. The Bertz CT molecular complexity index is 1890. The first-order valence-corrected chi connectivity index (χ1v) is 17.0. The molecule has 2 amide bonds. The van der Waals surface area contributed by atoms with Gasteiger partial charge in [-0.25, -0.2) is 0 Å². The van der Waals surface area contributed by atoms with Crippen LogP contribution in [-0.4, -0.2) is 79.3 Å². The molecule has 3 unspecified atom stereocenters. The Labute approximate surface area is 285 Å². The van der Waals surface area contributed by atoms with Crippen LogP contribution in [0.5, 0.6) is 23.0 Å². The number of hydrogen-bond acceptors (Lipinski definition) is 9. The average molecular weight is 662 g/mol. The highest BCUT2D eigenvalue weighted by Gasteiger charge is 2.38. The highest BCUT2D eigenvalue weighted by molar-refractivity contribution is 6.05. The number of ether oxygens (including phenoxy) is 4. The molecule has 4 aliphatic heterocycles. The molecule has 2 aromatic carbocycles. The quantitative estimate of drug-likeness (QED) is 0.287. The van der Waals surface area contributed by atoms with E-state index in [9.17, 15) is 9.59 Å². The summed E-state index contributed by atoms with van der Waals surface area (Å²) < 4.78 is 23.4. The Hall–Kier alpha value is -5.19. The predicted octanol–water partition coefficient (Wildman–Crippen LogP) is 6.58. The number of allylic oxidation sites excluding steroid dienone is 2. The van der Waals surface area contributed by atoms with Crippen LogP contribution in [0.25, 0.3) is 0 Å². The summed E-state index contributed by atoms with van der Waals surface area (Å²) in [5, 5.41) is 7.85. The smallest absolute Gasteiger partial charge is 0.260 e. The minimum atomic E-state index is -0.153. The highest BCUT2D eigenvalue weighted by Crippen LogP contribution is 2.45. The van der Waals surface area contributed by atoms with Crippen LogP contribution in [0.3, 0.4) is 0 Å². The topological polar surface area (TPSA) is 126 Å². The second-order valence-electron chi connectivity index (χ2n) is 13.3. The molecular formula is C38H39N5O6. The van der Waals surface area contributed by atoms with Crippen molar-refractivity contribution in [2.45, 2.75) is 57.0 Å². The first-order chi connectivity index (χ1) is 23.9. The number of carbonyl (C=O) groups excluding carboxylic acids is 2. The number of nitrogens with zero attached hydrogens (tertiary/aromatic N) is 4. The number of rotatable bonds is 10. The van der Waals surface area contributed by atoms with Crippen LogP contribution >= 0.6 is 0 Å². The molecule has 1 saturated carbocycles. The zero-order chi connectivity index (χ0) is 33.6. The molecule has 6 aliphatic rings. The number of nitrogens with one attached hydrogen (secondary N) is 1. The molecule has 4 heterocycles. The summed E-state index contributed by atoms with van der Waals surface area (Å²) in [5.74, 6) is 2.58. The van der Waals surface area contributed by atoms with Crippen molar-refractivity contribution in [3.05, 3.63) is 71.1 Å². The van der Waals surface area contributed by atoms with Gasteiger partial charge in [-0.05, 0) is 73.8 Å². The maximum absolute atomic E-state index is 13.7. The molecule has 0 bridgehead atoms. The summed E-state index contributed by atoms with van der Waals surface area (Å²) in [4.78, 5) is 40.1. The normalized spacial score (nSPS) is 23.6. The Morgan fingerprint density at radius 3 is 1.82 bits per heavy atom. The van der Waals surface area contributed by atoms with E-state index in [0.717, 1.165) is 25.7 Å². The van der Waals surface area contributed by atoms with E-state index in [0.29, 0.717) is 76.8 Å². The molecular weight excluding hydrogens is 622 g/mol. The third-order valence-electron chi connectivity index (χ3n) is 10.1. The second-order valence-corrected chi connectivity index (χ2v) is 13.3. The van der Waals surface area contributed by atoms with Gasteiger partial charge in [-0.3, -0.25) is 19.6 Å². The van der Waals surface area contributed by atoms with E-state index in [-0.39, 0.29) is 29.8 Å². The zero-order valence-corrected chi connectivity index (χ0v) is 27.7. The van der Waals surface area contributed by atoms with Crippen molar-refractivity contribution in [3.63, 3.8) is 0 Å². The van der Waals surface area contributed by atoms with Gasteiger partial charge in [0.2, 0.25) is 0 Å². The lowest BCUT2D eigenvalue weighted by Crippen LogP contribution is -2.32. The van der Waals surface area contributed by atoms with Crippen LogP contribution < -0.4 is 18.9 Å². The van der Waals surface area contributed by atoms with Crippen LogP contribution in [0.2, 0.25) is 0 Å². The maximum atomic E-state index is 13.7. The van der Waals surface area contributed by atoms with Gasteiger partial charge < -0.3 is 34.2 Å². The molecule has 0 saturated heterocycles. The van der Waals surface area contributed by atoms with Crippen molar-refractivity contribution >= 4 is 41.3 Å². The Morgan fingerprint density at radius 1 is 0.755 bits per heavy atom. The van der Waals surface area contributed by atoms with E-state index in [1.54, 1.807) is 48.3 Å². The fourth-order valence-electron chi connectivity index (χ4n) is 7.24. The van der Waals surface area contributed by atoms with Crippen molar-refractivity contribution in [2.24, 2.45) is 21.8 Å². The molecule has 11 nitrogen and oxygen atoms in total. The molecule has 252 valence electrons. The molecule has 0 aromatic heterocycles. The van der Waals surface area contributed by atoms with Crippen LogP contribution in [0, 0.1) is 17.2 Å². The van der Waals surface area contributed by atoms with E-state index in [2.05, 4.69) is 11.1 Å². The van der Waals surface area contributed by atoms with Crippen LogP contribution in [-0.2, 0) is 0 Å². The number of methoxy groups -OCH3 is 2. The standard InChI is InChI=1S/C38H39N5O6/c1-46-33-14-29-31(40-18-27-12-24(22-4-5-22)20-42(27)37(29)44)16-35(33)48-10-3-11-49-36-17-32-30(15-34(36)47-2)38(45)43-21-25(13-28(43)19-41-32)23-6-8-26(39)9-7-23/h6,8,14-23,27-28,39H,3-5,7,9-13H2,1-2H3. The van der Waals surface area contributed by atoms with Gasteiger partial charge >= 0.3 is 0 Å². The van der Waals surface area contributed by atoms with E-state index in [1.165, 1.54) is 24.0 Å². The first kappa shape index (κ1) is 31.1. The van der Waals surface area contributed by atoms with Gasteiger partial charge in [0, 0.05) is 55.0 Å². The first-order valence-electron chi connectivity index (χ1n) is 17.0. The van der Waals surface area contributed by atoms with Crippen LogP contribution in [0.1, 0.15) is 65.7 Å². The lowest BCUT2D eigenvalue weighted by molar-refractivity contribution is 0.0809. The molecule has 8 rings (SSSR count). The number of carbonyl (C=O) groups is 2. The number of amides is 2. The van der Waals surface area contributed by atoms with Crippen molar-refractivity contribution in [1.82, 2.24) is 9.80 Å². The summed E-state index contributed by atoms with van der Waals surface area (Å²) in [6.45, 7) is 0.664. The van der Waals surface area contributed by atoms with Crippen LogP contribution in [0.4, 0.5) is 11.4 Å². The summed E-state index contributed by atoms with van der Waals surface area (Å²) in [6, 6.07) is 6.73. The Balaban J connectivity index is 0.909. The summed E-state index contributed by atoms with van der Waals surface area (Å²) >= 11 is 0. The highest BCUT2D eigenvalue weighted by atomic mass is 16.5. The molecule has 0 spiro atoms. The minimum Gasteiger partial charge on any atom is -0.493 e. The van der Waals surface area contributed by atoms with Gasteiger partial charge in [-0.15, -0.1) is 0 Å². The van der Waals surface area contributed by atoms with E-state index < -0.39 is 0 Å².